The van der Waals surface area contributed by atoms with Gasteiger partial charge in [-0.15, -0.1) is 0 Å². The Morgan fingerprint density at radius 3 is 2.31 bits per heavy atom. The van der Waals surface area contributed by atoms with E-state index in [2.05, 4.69) is 11.4 Å². The van der Waals surface area contributed by atoms with Crippen molar-refractivity contribution in [3.05, 3.63) is 71.8 Å². The van der Waals surface area contributed by atoms with Crippen LogP contribution in [0.1, 0.15) is 11.1 Å². The summed E-state index contributed by atoms with van der Waals surface area (Å²) < 4.78 is 22.0. The van der Waals surface area contributed by atoms with Gasteiger partial charge in [0.15, 0.2) is 18.1 Å². The monoisotopic (exact) mass is 391 g/mol. The molecular formula is C23H21NO5. The molecule has 0 aliphatic carbocycles. The van der Waals surface area contributed by atoms with Gasteiger partial charge in [0.2, 0.25) is 6.79 Å². The fourth-order valence-electron chi connectivity index (χ4n) is 3.05. The zero-order valence-electron chi connectivity index (χ0n) is 16.2. The second kappa shape index (κ2) is 8.14. The Balaban J connectivity index is 1.30. The van der Waals surface area contributed by atoms with E-state index in [1.165, 1.54) is 0 Å². The van der Waals surface area contributed by atoms with Crippen LogP contribution in [-0.2, 0) is 4.79 Å². The van der Waals surface area contributed by atoms with Crippen LogP contribution in [0.4, 0.5) is 5.69 Å². The highest BCUT2D eigenvalue weighted by atomic mass is 16.7. The van der Waals surface area contributed by atoms with Crippen molar-refractivity contribution < 1.29 is 23.7 Å². The molecule has 0 radical (unpaired) electrons. The first-order valence-corrected chi connectivity index (χ1v) is 9.24. The van der Waals surface area contributed by atoms with Gasteiger partial charge < -0.3 is 24.3 Å². The summed E-state index contributed by atoms with van der Waals surface area (Å²) in [4.78, 5) is 12.1. The number of anilines is 1. The molecule has 6 nitrogen and oxygen atoms in total. The Bertz CT molecular complexity index is 1010. The average molecular weight is 391 g/mol. The van der Waals surface area contributed by atoms with E-state index in [1.54, 1.807) is 30.3 Å². The molecule has 0 spiro atoms. The van der Waals surface area contributed by atoms with Gasteiger partial charge in [-0.3, -0.25) is 4.79 Å². The smallest absolute Gasteiger partial charge is 0.262 e. The fourth-order valence-corrected chi connectivity index (χ4v) is 3.05. The first kappa shape index (κ1) is 18.7. The molecule has 0 saturated heterocycles. The normalized spacial score (nSPS) is 11.8. The first-order chi connectivity index (χ1) is 14.0. The van der Waals surface area contributed by atoms with Crippen LogP contribution in [0.2, 0.25) is 0 Å². The highest BCUT2D eigenvalue weighted by Gasteiger charge is 2.14. The number of fused-ring (bicyclic) bond motifs is 1. The van der Waals surface area contributed by atoms with Crippen molar-refractivity contribution in [3.8, 4) is 28.7 Å². The van der Waals surface area contributed by atoms with E-state index in [-0.39, 0.29) is 19.3 Å². The van der Waals surface area contributed by atoms with E-state index in [9.17, 15) is 4.79 Å². The minimum atomic E-state index is -0.264. The molecule has 4 rings (SSSR count). The van der Waals surface area contributed by atoms with Gasteiger partial charge in [-0.25, -0.2) is 0 Å². The highest BCUT2D eigenvalue weighted by Crippen LogP contribution is 2.34. The number of carbonyl (C=O) groups excluding carboxylic acids is 1. The molecule has 29 heavy (non-hydrogen) atoms. The van der Waals surface area contributed by atoms with Gasteiger partial charge in [-0.1, -0.05) is 6.07 Å². The molecule has 1 aliphatic rings. The van der Waals surface area contributed by atoms with Crippen molar-refractivity contribution in [3.63, 3.8) is 0 Å². The standard InChI is InChI=1S/C23H21NO5/c1-15-9-16(2)11-20(10-15)29-19-6-4-18(5-7-19)26-13-23(25)24-17-3-8-21-22(12-17)28-14-27-21/h3-12H,13-14H2,1-2H3,(H,24,25). The van der Waals surface area contributed by atoms with Crippen LogP contribution in [0.15, 0.2) is 60.7 Å². The van der Waals surface area contributed by atoms with Crippen LogP contribution in [-0.4, -0.2) is 19.3 Å². The summed E-state index contributed by atoms with van der Waals surface area (Å²) >= 11 is 0. The van der Waals surface area contributed by atoms with Gasteiger partial charge in [0.25, 0.3) is 5.91 Å². The van der Waals surface area contributed by atoms with Crippen molar-refractivity contribution >= 4 is 11.6 Å². The van der Waals surface area contributed by atoms with Gasteiger partial charge in [0.1, 0.15) is 17.2 Å². The fraction of sp³-hybridized carbons (Fsp3) is 0.174. The minimum absolute atomic E-state index is 0.105. The molecule has 0 unspecified atom stereocenters. The summed E-state index contributed by atoms with van der Waals surface area (Å²) in [5, 5.41) is 2.77. The summed E-state index contributed by atoms with van der Waals surface area (Å²) in [6.45, 7) is 4.15. The molecular weight excluding hydrogens is 370 g/mol. The van der Waals surface area contributed by atoms with Crippen LogP contribution in [0.5, 0.6) is 28.7 Å². The molecule has 1 heterocycles. The number of aryl methyl sites for hydroxylation is 2. The van der Waals surface area contributed by atoms with E-state index in [0.29, 0.717) is 28.7 Å². The number of rotatable bonds is 6. The molecule has 3 aromatic rings. The van der Waals surface area contributed by atoms with Crippen LogP contribution in [0, 0.1) is 13.8 Å². The summed E-state index contributed by atoms with van der Waals surface area (Å²) in [6, 6.07) is 18.5. The SMILES string of the molecule is Cc1cc(C)cc(Oc2ccc(OCC(=O)Nc3ccc4c(c3)OCO4)cc2)c1. The van der Waals surface area contributed by atoms with Gasteiger partial charge >= 0.3 is 0 Å². The highest BCUT2D eigenvalue weighted by molar-refractivity contribution is 5.92. The van der Waals surface area contributed by atoms with Crippen molar-refractivity contribution in [1.82, 2.24) is 0 Å². The van der Waals surface area contributed by atoms with E-state index in [1.807, 2.05) is 38.1 Å². The molecule has 0 bridgehead atoms. The van der Waals surface area contributed by atoms with Gasteiger partial charge in [0, 0.05) is 11.8 Å². The number of amides is 1. The van der Waals surface area contributed by atoms with Crippen molar-refractivity contribution in [2.24, 2.45) is 0 Å². The summed E-state index contributed by atoms with van der Waals surface area (Å²) in [7, 11) is 0. The maximum Gasteiger partial charge on any atom is 0.262 e. The lowest BCUT2D eigenvalue weighted by molar-refractivity contribution is -0.118. The second-order valence-electron chi connectivity index (χ2n) is 6.80. The number of hydrogen-bond acceptors (Lipinski definition) is 5. The third-order valence-corrected chi connectivity index (χ3v) is 4.28. The molecule has 0 aromatic heterocycles. The van der Waals surface area contributed by atoms with Gasteiger partial charge in [-0.2, -0.15) is 0 Å². The first-order valence-electron chi connectivity index (χ1n) is 9.24. The van der Waals surface area contributed by atoms with E-state index in [0.717, 1.165) is 16.9 Å². The topological polar surface area (TPSA) is 66.0 Å². The maximum atomic E-state index is 12.1. The van der Waals surface area contributed by atoms with Crippen molar-refractivity contribution in [1.29, 1.82) is 0 Å². The zero-order valence-corrected chi connectivity index (χ0v) is 16.2. The lowest BCUT2D eigenvalue weighted by Gasteiger charge is -2.10. The molecule has 148 valence electrons. The van der Waals surface area contributed by atoms with Crippen LogP contribution in [0.3, 0.4) is 0 Å². The molecule has 3 aromatic carbocycles. The molecule has 1 aliphatic heterocycles. The lowest BCUT2D eigenvalue weighted by atomic mass is 10.1. The Labute approximate surface area is 169 Å². The van der Waals surface area contributed by atoms with Gasteiger partial charge in [-0.05, 0) is 73.5 Å². The Morgan fingerprint density at radius 2 is 1.55 bits per heavy atom. The molecule has 1 amide bonds. The quantitative estimate of drug-likeness (QED) is 0.651. The van der Waals surface area contributed by atoms with Gasteiger partial charge in [0.05, 0.1) is 0 Å². The molecule has 6 heteroatoms. The molecule has 0 atom stereocenters. The van der Waals surface area contributed by atoms with Crippen LogP contribution >= 0.6 is 0 Å². The summed E-state index contributed by atoms with van der Waals surface area (Å²) in [5.41, 5.74) is 2.92. The van der Waals surface area contributed by atoms with Crippen LogP contribution in [0.25, 0.3) is 0 Å². The van der Waals surface area contributed by atoms with Crippen molar-refractivity contribution in [2.75, 3.05) is 18.7 Å². The minimum Gasteiger partial charge on any atom is -0.484 e. The third-order valence-electron chi connectivity index (χ3n) is 4.28. The number of nitrogens with one attached hydrogen (secondary N) is 1. The molecule has 0 fully saturated rings. The van der Waals surface area contributed by atoms with E-state index >= 15 is 0 Å². The lowest BCUT2D eigenvalue weighted by Crippen LogP contribution is -2.20. The zero-order chi connectivity index (χ0) is 20.2. The predicted molar refractivity (Wildman–Crippen MR) is 109 cm³/mol. The Morgan fingerprint density at radius 1 is 0.862 bits per heavy atom. The largest absolute Gasteiger partial charge is 0.484 e. The Hall–Kier alpha value is -3.67. The van der Waals surface area contributed by atoms with Crippen molar-refractivity contribution in [2.45, 2.75) is 13.8 Å². The number of hydrogen-bond donors (Lipinski definition) is 1. The number of ether oxygens (including phenoxy) is 4. The number of benzene rings is 3. The molecule has 1 N–H and O–H groups in total. The number of carbonyl (C=O) groups is 1. The summed E-state index contributed by atoms with van der Waals surface area (Å²) in [6.07, 6.45) is 0. The maximum absolute atomic E-state index is 12.1. The average Bonchev–Trinajstić information content (AvgIpc) is 3.14. The predicted octanol–water partition coefficient (Wildman–Crippen LogP) is 4.84. The van der Waals surface area contributed by atoms with Crippen LogP contribution < -0.4 is 24.3 Å². The summed E-state index contributed by atoms with van der Waals surface area (Å²) in [5.74, 6) is 3.09. The molecule has 0 saturated carbocycles. The van der Waals surface area contributed by atoms with E-state index < -0.39 is 0 Å². The Kier molecular flexibility index (Phi) is 5.24. The second-order valence-corrected chi connectivity index (χ2v) is 6.80. The van der Waals surface area contributed by atoms with E-state index in [4.69, 9.17) is 18.9 Å². The third kappa shape index (κ3) is 4.79.